The average molecular weight is 594 g/mol. The van der Waals surface area contributed by atoms with Gasteiger partial charge in [0.05, 0.1) is 25.3 Å². The molecule has 1 nitrogen and oxygen atoms in total. The summed E-state index contributed by atoms with van der Waals surface area (Å²) in [6.07, 6.45) is 0. The van der Waals surface area contributed by atoms with Crippen molar-refractivity contribution in [1.29, 1.82) is 0 Å². The second-order valence-corrected chi connectivity index (χ2v) is 14.7. The molecule has 0 amide bonds. The summed E-state index contributed by atoms with van der Waals surface area (Å²) in [7, 11) is 0. The van der Waals surface area contributed by atoms with Crippen LogP contribution in [0.4, 0.5) is 26.3 Å². The van der Waals surface area contributed by atoms with Gasteiger partial charge in [-0.15, -0.1) is 11.3 Å². The molecule has 0 saturated carbocycles. The van der Waals surface area contributed by atoms with E-state index < -0.39 is 34.6 Å². The van der Waals surface area contributed by atoms with E-state index >= 15 is 17.6 Å². The first kappa shape index (κ1) is 26.4. The fourth-order valence-corrected chi connectivity index (χ4v) is 10.3. The molecule has 0 radical (unpaired) electrons. The van der Waals surface area contributed by atoms with E-state index in [9.17, 15) is 8.78 Å². The highest BCUT2D eigenvalue weighted by molar-refractivity contribution is 8.34. The Kier molecular flexibility index (Phi) is 6.55. The van der Waals surface area contributed by atoms with Gasteiger partial charge >= 0.3 is 17.8 Å². The fraction of sp³-hybridized carbons (Fsp3) is 0.292. The highest BCUT2D eigenvalue weighted by atomic mass is 32.2. The smallest absolute Gasteiger partial charge is 0.236 e. The zero-order chi connectivity index (χ0) is 26.2. The standard InChI is InChI=1S/C24H17F6NS5/c1-10-11(2)34-20(33-10)21-35-13(4)18(36-21)16-15(22(25,26)24(29,30)23(16,27)28)17-12(3)32-19(31-17)14-8-6-5-7-9-14/h5-9H,1-4H3. The molecule has 0 atom stereocenters. The zero-order valence-corrected chi connectivity index (χ0v) is 23.2. The van der Waals surface area contributed by atoms with E-state index in [1.54, 1.807) is 30.3 Å². The SMILES string of the molecule is CC1=C(C)SC(=C2SC(C)=C(C3=C(c4nc(-c5ccccc5)sc4C)C(F)(F)C(F)(F)C3(F)F)S2)S1. The molecule has 36 heavy (non-hydrogen) atoms. The van der Waals surface area contributed by atoms with Gasteiger partial charge in [-0.2, -0.15) is 26.3 Å². The molecule has 0 fully saturated rings. The van der Waals surface area contributed by atoms with Crippen LogP contribution in [0.2, 0.25) is 0 Å². The number of nitrogens with zero attached hydrogens (tertiary/aromatic N) is 1. The van der Waals surface area contributed by atoms with Gasteiger partial charge in [0.1, 0.15) is 5.01 Å². The maximum atomic E-state index is 15.3. The molecule has 3 heterocycles. The van der Waals surface area contributed by atoms with Crippen LogP contribution in [0.5, 0.6) is 0 Å². The fourth-order valence-electron chi connectivity index (χ4n) is 3.89. The monoisotopic (exact) mass is 593 g/mol. The summed E-state index contributed by atoms with van der Waals surface area (Å²) in [5.74, 6) is -15.8. The van der Waals surface area contributed by atoms with Crippen molar-refractivity contribution in [2.24, 2.45) is 0 Å². The third kappa shape index (κ3) is 3.85. The number of thioether (sulfide) groups is 4. The minimum Gasteiger partial charge on any atom is -0.236 e. The Morgan fingerprint density at radius 3 is 1.81 bits per heavy atom. The van der Waals surface area contributed by atoms with Gasteiger partial charge in [0, 0.05) is 20.3 Å². The molecule has 2 aromatic rings. The highest BCUT2D eigenvalue weighted by Gasteiger charge is 2.81. The molecule has 1 aromatic heterocycles. The van der Waals surface area contributed by atoms with Gasteiger partial charge in [0.15, 0.2) is 0 Å². The van der Waals surface area contributed by atoms with Crippen molar-refractivity contribution in [2.45, 2.75) is 45.5 Å². The maximum absolute atomic E-state index is 15.3. The summed E-state index contributed by atoms with van der Waals surface area (Å²) in [4.78, 5) is 6.49. The Bertz CT molecular complexity index is 1390. The van der Waals surface area contributed by atoms with E-state index in [0.717, 1.165) is 48.9 Å². The first-order valence-electron chi connectivity index (χ1n) is 10.5. The molecule has 0 N–H and O–H groups in total. The number of hydrogen-bond acceptors (Lipinski definition) is 6. The number of allylic oxidation sites excluding steroid dienone is 5. The predicted molar refractivity (Wildman–Crippen MR) is 143 cm³/mol. The van der Waals surface area contributed by atoms with Crippen LogP contribution in [-0.4, -0.2) is 22.8 Å². The van der Waals surface area contributed by atoms with Gasteiger partial charge in [-0.25, -0.2) is 4.98 Å². The van der Waals surface area contributed by atoms with Crippen LogP contribution < -0.4 is 0 Å². The number of rotatable bonds is 3. The molecule has 2 aliphatic heterocycles. The van der Waals surface area contributed by atoms with Crippen LogP contribution in [0.3, 0.4) is 0 Å². The van der Waals surface area contributed by atoms with Crippen LogP contribution in [0, 0.1) is 6.92 Å². The number of benzene rings is 1. The number of halogens is 6. The van der Waals surface area contributed by atoms with E-state index in [2.05, 4.69) is 4.98 Å². The van der Waals surface area contributed by atoms with Crippen molar-refractivity contribution in [3.8, 4) is 10.6 Å². The lowest BCUT2D eigenvalue weighted by molar-refractivity contribution is -0.259. The quantitative estimate of drug-likeness (QED) is 0.328. The summed E-state index contributed by atoms with van der Waals surface area (Å²) in [6, 6.07) is 8.58. The van der Waals surface area contributed by atoms with Gasteiger partial charge in [0.2, 0.25) is 0 Å². The van der Waals surface area contributed by atoms with Crippen LogP contribution in [0.15, 0.2) is 64.0 Å². The normalized spacial score (nSPS) is 23.1. The number of alkyl halides is 6. The van der Waals surface area contributed by atoms with E-state index in [-0.39, 0.29) is 14.7 Å². The van der Waals surface area contributed by atoms with Gasteiger partial charge in [-0.1, -0.05) is 77.4 Å². The third-order valence-electron chi connectivity index (χ3n) is 5.86. The first-order chi connectivity index (χ1) is 16.8. The predicted octanol–water partition coefficient (Wildman–Crippen LogP) is 10.4. The minimum absolute atomic E-state index is 0.166. The molecule has 0 unspecified atom stereocenters. The zero-order valence-electron chi connectivity index (χ0n) is 19.1. The van der Waals surface area contributed by atoms with E-state index in [4.69, 9.17) is 0 Å². The largest absolute Gasteiger partial charge is 0.380 e. The Balaban J connectivity index is 1.69. The van der Waals surface area contributed by atoms with Crippen LogP contribution in [0.25, 0.3) is 16.1 Å². The minimum atomic E-state index is -5.60. The molecule has 0 saturated heterocycles. The molecule has 1 aromatic carbocycles. The molecule has 190 valence electrons. The van der Waals surface area contributed by atoms with Crippen molar-refractivity contribution >= 4 is 64.0 Å². The molecule has 5 rings (SSSR count). The second-order valence-electron chi connectivity index (χ2n) is 8.24. The van der Waals surface area contributed by atoms with Crippen LogP contribution in [0.1, 0.15) is 31.3 Å². The van der Waals surface area contributed by atoms with E-state index in [0.29, 0.717) is 14.8 Å². The molecule has 0 bridgehead atoms. The maximum Gasteiger partial charge on any atom is 0.380 e. The van der Waals surface area contributed by atoms with Crippen LogP contribution in [-0.2, 0) is 0 Å². The van der Waals surface area contributed by atoms with E-state index in [1.165, 1.54) is 37.4 Å². The topological polar surface area (TPSA) is 12.9 Å². The van der Waals surface area contributed by atoms with Crippen molar-refractivity contribution in [3.05, 3.63) is 74.6 Å². The van der Waals surface area contributed by atoms with Crippen LogP contribution >= 0.6 is 58.4 Å². The highest BCUT2D eigenvalue weighted by Crippen LogP contribution is 2.69. The first-order valence-corrected chi connectivity index (χ1v) is 14.6. The van der Waals surface area contributed by atoms with Crippen molar-refractivity contribution < 1.29 is 26.3 Å². The molecule has 0 spiro atoms. The van der Waals surface area contributed by atoms with Gasteiger partial charge in [0.25, 0.3) is 0 Å². The summed E-state index contributed by atoms with van der Waals surface area (Å²) in [6.45, 7) is 6.78. The van der Waals surface area contributed by atoms with Crippen molar-refractivity contribution in [3.63, 3.8) is 0 Å². The summed E-state index contributed by atoms with van der Waals surface area (Å²) in [5, 5.41) is 0.294. The summed E-state index contributed by atoms with van der Waals surface area (Å²) < 4.78 is 92.3. The number of thiazole rings is 1. The number of hydrogen-bond donors (Lipinski definition) is 0. The lowest BCUT2D eigenvalue weighted by Gasteiger charge is -2.25. The van der Waals surface area contributed by atoms with Gasteiger partial charge in [-0.05, 0) is 37.5 Å². The van der Waals surface area contributed by atoms with Gasteiger partial charge in [-0.3, -0.25) is 0 Å². The lowest BCUT2D eigenvalue weighted by Crippen LogP contribution is -2.49. The van der Waals surface area contributed by atoms with Gasteiger partial charge < -0.3 is 0 Å². The third-order valence-corrected chi connectivity index (χ3v) is 12.7. The Morgan fingerprint density at radius 2 is 1.19 bits per heavy atom. The lowest BCUT2D eigenvalue weighted by atomic mass is 10.0. The van der Waals surface area contributed by atoms with Crippen molar-refractivity contribution in [2.75, 3.05) is 0 Å². The Morgan fingerprint density at radius 1 is 0.667 bits per heavy atom. The average Bonchev–Trinajstić information content (AvgIpc) is 3.50. The molecular formula is C24H17F6NS5. The molecule has 3 aliphatic rings. The van der Waals surface area contributed by atoms with E-state index in [1.807, 2.05) is 13.8 Å². The molecular weight excluding hydrogens is 577 g/mol. The molecule has 1 aliphatic carbocycles. The second kappa shape index (κ2) is 8.93. The number of aryl methyl sites for hydroxylation is 1. The van der Waals surface area contributed by atoms with Crippen molar-refractivity contribution in [1.82, 2.24) is 4.98 Å². The summed E-state index contributed by atoms with van der Waals surface area (Å²) >= 11 is 5.92. The number of aromatic nitrogens is 1. The molecule has 12 heteroatoms. The summed E-state index contributed by atoms with van der Waals surface area (Å²) in [5.41, 5.74) is -2.65. The Labute approximate surface area is 225 Å². The Hall–Kier alpha value is -1.21.